The lowest BCUT2D eigenvalue weighted by molar-refractivity contribution is 1.07. The molecule has 0 saturated heterocycles. The first-order valence-corrected chi connectivity index (χ1v) is 20.0. The van der Waals surface area contributed by atoms with E-state index >= 15 is 0 Å². The Balaban J connectivity index is 1.14. The van der Waals surface area contributed by atoms with Crippen LogP contribution in [-0.4, -0.2) is 19.5 Å². The number of aromatic nitrogens is 4. The number of para-hydroxylation sites is 3. The molecule has 0 amide bonds. The van der Waals surface area contributed by atoms with Crippen molar-refractivity contribution in [2.45, 2.75) is 0 Å². The van der Waals surface area contributed by atoms with Gasteiger partial charge in [0.1, 0.15) is 0 Å². The van der Waals surface area contributed by atoms with Crippen LogP contribution in [0.4, 0.5) is 0 Å². The van der Waals surface area contributed by atoms with Gasteiger partial charge in [-0.05, 0) is 69.4 Å². The summed E-state index contributed by atoms with van der Waals surface area (Å²) in [5, 5.41) is 2.51. The Labute approximate surface area is 367 Å². The van der Waals surface area contributed by atoms with Gasteiger partial charge in [-0.15, -0.1) is 11.3 Å². The zero-order valence-electron chi connectivity index (χ0n) is 43.4. The van der Waals surface area contributed by atoms with Crippen LogP contribution in [0, 0.1) is 0 Å². The summed E-state index contributed by atoms with van der Waals surface area (Å²) in [6, 6.07) is 37.8. The average molecular weight is 795 g/mol. The third-order valence-corrected chi connectivity index (χ3v) is 12.0. The van der Waals surface area contributed by atoms with E-state index in [-0.39, 0.29) is 87.8 Å². The van der Waals surface area contributed by atoms with E-state index in [9.17, 15) is 2.74 Å². The molecular weight excluding hydrogens is 749 g/mol. The van der Waals surface area contributed by atoms with Crippen molar-refractivity contribution in [3.63, 3.8) is 0 Å². The van der Waals surface area contributed by atoms with Gasteiger partial charge in [0.2, 0.25) is 0 Å². The van der Waals surface area contributed by atoms with E-state index in [1.807, 2.05) is 72.8 Å². The molecule has 280 valence electrons. The number of thiophene rings is 1. The molecule has 3 heterocycles. The molecule has 0 spiro atoms. The third kappa shape index (κ3) is 5.55. The minimum Gasteiger partial charge on any atom is -0.309 e. The van der Waals surface area contributed by atoms with Crippen LogP contribution < -0.4 is 0 Å². The first kappa shape index (κ1) is 24.3. The molecule has 0 radical (unpaired) electrons. The van der Waals surface area contributed by atoms with Crippen LogP contribution in [0.25, 0.3) is 115 Å². The average Bonchev–Trinajstić information content (AvgIpc) is 3.99. The number of nitrogens with zero attached hydrogens (tertiary/aromatic N) is 4. The molecule has 9 aromatic carbocycles. The number of rotatable bonds is 6. The number of fused-ring (bicyclic) bond motifs is 7. The second-order valence-corrected chi connectivity index (χ2v) is 15.2. The molecule has 0 fully saturated rings. The number of hydrogen-bond donors (Lipinski definition) is 0. The van der Waals surface area contributed by atoms with Crippen molar-refractivity contribution in [1.29, 1.82) is 0 Å². The third-order valence-electron chi connectivity index (χ3n) is 10.8. The van der Waals surface area contributed by atoms with Crippen molar-refractivity contribution in [2.24, 2.45) is 0 Å². The maximum Gasteiger partial charge on any atom is 0.166 e. The Hall–Kier alpha value is -7.73. The van der Waals surface area contributed by atoms with Gasteiger partial charge in [0, 0.05) is 47.6 Å². The SMILES string of the molecule is [2H]c1cc([2H])c2sc3c(-c4cccc(-c5nc(-c6ccccc6-n6c7c([2H])cc([2H])c([2H])c7c7c([2H])c([2H])c([2H])c([2H])c76)nc(-c6cccc7c(-c8ccccc8)cccc67)n5)c4)cc([2H])c([2H])c3c2c1[2H]. The van der Waals surface area contributed by atoms with Crippen LogP contribution in [0.5, 0.6) is 0 Å². The summed E-state index contributed by atoms with van der Waals surface area (Å²) in [6.45, 7) is 0. The summed E-state index contributed by atoms with van der Waals surface area (Å²) < 4.78 is 109. The molecular formula is C55H34N4S. The predicted octanol–water partition coefficient (Wildman–Crippen LogP) is 14.8. The molecule has 0 unspecified atom stereocenters. The molecule has 0 N–H and O–H groups in total. The van der Waals surface area contributed by atoms with Crippen molar-refractivity contribution in [3.8, 4) is 62.1 Å². The van der Waals surface area contributed by atoms with Crippen LogP contribution in [0.15, 0.2) is 206 Å². The second-order valence-electron chi connectivity index (χ2n) is 14.2. The van der Waals surface area contributed by atoms with E-state index < -0.39 is 18.1 Å². The first-order chi connectivity index (χ1) is 34.7. The molecule has 0 aliphatic carbocycles. The molecule has 0 atom stereocenters. The Morgan fingerprint density at radius 2 is 1.00 bits per heavy atom. The van der Waals surface area contributed by atoms with E-state index in [1.54, 1.807) is 34.9 Å². The van der Waals surface area contributed by atoms with Crippen LogP contribution in [-0.2, 0) is 0 Å². The summed E-state index contributed by atoms with van der Waals surface area (Å²) in [5.74, 6) is 0.727. The Morgan fingerprint density at radius 1 is 0.383 bits per heavy atom. The lowest BCUT2D eigenvalue weighted by Crippen LogP contribution is -2.04. The van der Waals surface area contributed by atoms with Gasteiger partial charge >= 0.3 is 0 Å². The number of benzene rings is 9. The monoisotopic (exact) mass is 794 g/mol. The van der Waals surface area contributed by atoms with E-state index in [0.717, 1.165) is 21.9 Å². The zero-order chi connectivity index (χ0) is 50.0. The Bertz CT molecular complexity index is 4330. The molecule has 12 aromatic rings. The van der Waals surface area contributed by atoms with Gasteiger partial charge in [0.25, 0.3) is 0 Å². The van der Waals surface area contributed by atoms with Crippen molar-refractivity contribution < 1.29 is 16.4 Å². The predicted molar refractivity (Wildman–Crippen MR) is 252 cm³/mol. The zero-order valence-corrected chi connectivity index (χ0v) is 32.2. The fraction of sp³-hybridized carbons (Fsp3) is 0. The van der Waals surface area contributed by atoms with Gasteiger partial charge < -0.3 is 4.57 Å². The molecule has 60 heavy (non-hydrogen) atoms. The van der Waals surface area contributed by atoms with Crippen molar-refractivity contribution in [3.05, 3.63) is 206 Å². The van der Waals surface area contributed by atoms with Crippen LogP contribution in [0.2, 0.25) is 0 Å². The maximum atomic E-state index is 9.22. The van der Waals surface area contributed by atoms with Gasteiger partial charge in [-0.25, -0.2) is 15.0 Å². The van der Waals surface area contributed by atoms with E-state index in [0.29, 0.717) is 59.5 Å². The minimum absolute atomic E-state index is 0.0114. The van der Waals surface area contributed by atoms with Gasteiger partial charge in [0.05, 0.1) is 33.2 Å². The summed E-state index contributed by atoms with van der Waals surface area (Å²) in [5.41, 5.74) is 5.38. The standard InChI is InChI=1S/C55H34N4S/c1-2-16-35(17-3-1)38-24-13-27-41-40(38)26-15-29-46(41)54-56-53(37-19-12-18-36(34-37)39-25-14-28-45-44-22-7-11-33-51(44)60-52(39)45)57-55(58-54)47-23-6-10-32-50(47)59-48-30-8-4-20-42(48)43-21-5-9-31-49(43)59/h1-34H/i4D,5D,7D,8D,14D,20D,21D,22D,28D,30D,31D,33D. The smallest absolute Gasteiger partial charge is 0.166 e. The van der Waals surface area contributed by atoms with Gasteiger partial charge in [-0.2, -0.15) is 0 Å². The highest BCUT2D eigenvalue weighted by atomic mass is 32.1. The quantitative estimate of drug-likeness (QED) is 0.168. The van der Waals surface area contributed by atoms with Crippen LogP contribution in [0.3, 0.4) is 0 Å². The maximum absolute atomic E-state index is 9.22. The van der Waals surface area contributed by atoms with Gasteiger partial charge in [0.15, 0.2) is 17.5 Å². The summed E-state index contributed by atoms with van der Waals surface area (Å²) in [6.07, 6.45) is 0. The topological polar surface area (TPSA) is 43.6 Å². The van der Waals surface area contributed by atoms with Crippen molar-refractivity contribution in [1.82, 2.24) is 19.5 Å². The molecule has 4 nitrogen and oxygen atoms in total. The van der Waals surface area contributed by atoms with Crippen LogP contribution in [0.1, 0.15) is 16.4 Å². The molecule has 0 aliphatic heterocycles. The normalized spacial score (nSPS) is 14.5. The highest BCUT2D eigenvalue weighted by Crippen LogP contribution is 2.42. The van der Waals surface area contributed by atoms with Gasteiger partial charge in [-0.1, -0.05) is 170 Å². The molecule has 0 aliphatic rings. The molecule has 5 heteroatoms. The molecule has 3 aromatic heterocycles. The van der Waals surface area contributed by atoms with E-state index in [2.05, 4.69) is 18.2 Å². The fourth-order valence-corrected chi connectivity index (χ4v) is 9.26. The summed E-state index contributed by atoms with van der Waals surface area (Å²) in [7, 11) is 0. The van der Waals surface area contributed by atoms with Crippen molar-refractivity contribution in [2.75, 3.05) is 0 Å². The fourth-order valence-electron chi connectivity index (χ4n) is 8.14. The Morgan fingerprint density at radius 3 is 1.88 bits per heavy atom. The molecule has 0 bridgehead atoms. The molecule has 12 rings (SSSR count). The van der Waals surface area contributed by atoms with Gasteiger partial charge in [-0.3, -0.25) is 0 Å². The summed E-state index contributed by atoms with van der Waals surface area (Å²) in [4.78, 5) is 15.5. The summed E-state index contributed by atoms with van der Waals surface area (Å²) >= 11 is 1.24. The lowest BCUT2D eigenvalue weighted by Gasteiger charge is -2.15. The highest BCUT2D eigenvalue weighted by molar-refractivity contribution is 7.26. The highest BCUT2D eigenvalue weighted by Gasteiger charge is 2.21. The molecule has 0 saturated carbocycles. The number of hydrogen-bond acceptors (Lipinski definition) is 4. The van der Waals surface area contributed by atoms with Crippen molar-refractivity contribution >= 4 is 64.1 Å². The van der Waals surface area contributed by atoms with Crippen LogP contribution >= 0.6 is 11.3 Å². The lowest BCUT2D eigenvalue weighted by atomic mass is 9.95. The second kappa shape index (κ2) is 14.0. The first-order valence-electron chi connectivity index (χ1n) is 25.2. The minimum atomic E-state index is -0.507. The van der Waals surface area contributed by atoms with E-state index in [1.165, 1.54) is 23.5 Å². The van der Waals surface area contributed by atoms with E-state index in [4.69, 9.17) is 28.7 Å². The Kier molecular flexibility index (Phi) is 5.65. The largest absolute Gasteiger partial charge is 0.309 e.